The number of fused-ring (bicyclic) bond motifs is 1. The van der Waals surface area contributed by atoms with Gasteiger partial charge in [-0.3, -0.25) is 0 Å². The first kappa shape index (κ1) is 13.8. The van der Waals surface area contributed by atoms with Crippen molar-refractivity contribution in [1.82, 2.24) is 14.9 Å². The Hall–Kier alpha value is -1.85. The quantitative estimate of drug-likeness (QED) is 0.768. The van der Waals surface area contributed by atoms with Gasteiger partial charge in [0.05, 0.1) is 16.0 Å². The summed E-state index contributed by atoms with van der Waals surface area (Å²) in [6, 6.07) is 14.4. The smallest absolute Gasteiger partial charge is 0.169 e. The van der Waals surface area contributed by atoms with Crippen LogP contribution < -0.4 is 10.1 Å². The highest BCUT2D eigenvalue weighted by Gasteiger charge is 2.24. The molecule has 0 amide bonds. The van der Waals surface area contributed by atoms with Gasteiger partial charge >= 0.3 is 0 Å². The number of ether oxygens (including phenoxy) is 1. The molecule has 22 heavy (non-hydrogen) atoms. The largest absolute Gasteiger partial charge is 0.454 e. The van der Waals surface area contributed by atoms with E-state index in [1.165, 1.54) is 0 Å². The Kier molecular flexibility index (Phi) is 3.39. The molecule has 0 atom stereocenters. The highest BCUT2D eigenvalue weighted by Crippen LogP contribution is 2.38. The van der Waals surface area contributed by atoms with E-state index >= 15 is 0 Å². The van der Waals surface area contributed by atoms with Crippen molar-refractivity contribution in [3.8, 4) is 11.5 Å². The lowest BCUT2D eigenvalue weighted by molar-refractivity contribution is 0.345. The number of halogens is 1. The predicted molar refractivity (Wildman–Crippen MR) is 90.6 cm³/mol. The first-order valence-corrected chi connectivity index (χ1v) is 8.14. The Bertz CT molecular complexity index is 825. The molecule has 1 saturated heterocycles. The molecule has 3 aromatic rings. The second kappa shape index (κ2) is 5.41. The van der Waals surface area contributed by atoms with Crippen LogP contribution in [0.2, 0.25) is 0 Å². The Morgan fingerprint density at radius 1 is 1.18 bits per heavy atom. The molecule has 4 rings (SSSR count). The zero-order valence-corrected chi connectivity index (χ0v) is 13.8. The molecule has 4 nitrogen and oxygen atoms in total. The minimum atomic E-state index is 0.482. The molecule has 0 aliphatic carbocycles. The standard InChI is InChI=1S/C17H16BrN3O/c1-11-20-16-15(21(11)12-9-19-10-12)8-7-14(18)17(16)22-13-5-3-2-4-6-13/h2-8,12,19H,9-10H2,1H3. The molecule has 1 aromatic heterocycles. The zero-order chi connectivity index (χ0) is 15.1. The van der Waals surface area contributed by atoms with E-state index in [0.717, 1.165) is 45.9 Å². The average molecular weight is 358 g/mol. The summed E-state index contributed by atoms with van der Waals surface area (Å²) in [6.45, 7) is 4.05. The maximum absolute atomic E-state index is 6.08. The van der Waals surface area contributed by atoms with E-state index in [-0.39, 0.29) is 0 Å². The number of hydrogen-bond acceptors (Lipinski definition) is 3. The SMILES string of the molecule is Cc1nc2c(Oc3ccccc3)c(Br)ccc2n1C1CNC1. The van der Waals surface area contributed by atoms with E-state index in [4.69, 9.17) is 9.72 Å². The average Bonchev–Trinajstić information content (AvgIpc) is 2.79. The first-order chi connectivity index (χ1) is 10.7. The summed E-state index contributed by atoms with van der Waals surface area (Å²) < 4.78 is 9.30. The lowest BCUT2D eigenvalue weighted by atomic mass is 10.1. The summed E-state index contributed by atoms with van der Waals surface area (Å²) in [7, 11) is 0. The van der Waals surface area contributed by atoms with Gasteiger partial charge in [0.1, 0.15) is 17.1 Å². The minimum absolute atomic E-state index is 0.482. The van der Waals surface area contributed by atoms with Crippen LogP contribution in [0.1, 0.15) is 11.9 Å². The predicted octanol–water partition coefficient (Wildman–Crippen LogP) is 4.04. The molecule has 0 radical (unpaired) electrons. The zero-order valence-electron chi connectivity index (χ0n) is 12.2. The number of benzene rings is 2. The van der Waals surface area contributed by atoms with Crippen molar-refractivity contribution in [3.63, 3.8) is 0 Å². The van der Waals surface area contributed by atoms with Gasteiger partial charge in [0, 0.05) is 13.1 Å². The summed E-state index contributed by atoms with van der Waals surface area (Å²) in [5, 5.41) is 3.32. The molecule has 0 bridgehead atoms. The van der Waals surface area contributed by atoms with Crippen LogP contribution in [0.4, 0.5) is 0 Å². The fourth-order valence-corrected chi connectivity index (χ4v) is 3.25. The summed E-state index contributed by atoms with van der Waals surface area (Å²) in [6.07, 6.45) is 0. The molecule has 0 saturated carbocycles. The van der Waals surface area contributed by atoms with Gasteiger partial charge in [0.15, 0.2) is 5.75 Å². The van der Waals surface area contributed by atoms with Crippen LogP contribution in [0.25, 0.3) is 11.0 Å². The Morgan fingerprint density at radius 3 is 2.64 bits per heavy atom. The third kappa shape index (κ3) is 2.21. The van der Waals surface area contributed by atoms with E-state index in [1.54, 1.807) is 0 Å². The van der Waals surface area contributed by atoms with Crippen molar-refractivity contribution in [1.29, 1.82) is 0 Å². The fraction of sp³-hybridized carbons (Fsp3) is 0.235. The van der Waals surface area contributed by atoms with E-state index < -0.39 is 0 Å². The van der Waals surface area contributed by atoms with Crippen molar-refractivity contribution >= 4 is 27.0 Å². The number of hydrogen-bond donors (Lipinski definition) is 1. The number of nitrogens with one attached hydrogen (secondary N) is 1. The Labute approximate surface area is 137 Å². The third-order valence-electron chi connectivity index (χ3n) is 4.03. The highest BCUT2D eigenvalue weighted by atomic mass is 79.9. The number of aryl methyl sites for hydroxylation is 1. The third-order valence-corrected chi connectivity index (χ3v) is 4.66. The van der Waals surface area contributed by atoms with Gasteiger partial charge in [0.2, 0.25) is 0 Å². The van der Waals surface area contributed by atoms with E-state index in [0.29, 0.717) is 6.04 Å². The number of rotatable bonds is 3. The van der Waals surface area contributed by atoms with Gasteiger partial charge in [-0.1, -0.05) is 18.2 Å². The second-order valence-electron chi connectivity index (χ2n) is 5.50. The lowest BCUT2D eigenvalue weighted by Crippen LogP contribution is -2.43. The normalized spacial score (nSPS) is 15.0. The van der Waals surface area contributed by atoms with Crippen molar-refractivity contribution in [3.05, 3.63) is 52.8 Å². The van der Waals surface area contributed by atoms with Gasteiger partial charge in [-0.2, -0.15) is 0 Å². The van der Waals surface area contributed by atoms with Gasteiger partial charge in [0.25, 0.3) is 0 Å². The van der Waals surface area contributed by atoms with Crippen molar-refractivity contribution in [2.24, 2.45) is 0 Å². The van der Waals surface area contributed by atoms with Crippen molar-refractivity contribution in [2.45, 2.75) is 13.0 Å². The molecule has 1 fully saturated rings. The Balaban J connectivity index is 1.85. The first-order valence-electron chi connectivity index (χ1n) is 7.34. The molecule has 1 N–H and O–H groups in total. The Morgan fingerprint density at radius 2 is 1.95 bits per heavy atom. The van der Waals surface area contributed by atoms with Gasteiger partial charge in [-0.05, 0) is 47.1 Å². The van der Waals surface area contributed by atoms with E-state index in [9.17, 15) is 0 Å². The molecule has 2 heterocycles. The molecule has 0 unspecified atom stereocenters. The summed E-state index contributed by atoms with van der Waals surface area (Å²) >= 11 is 3.59. The molecule has 0 spiro atoms. The molecular weight excluding hydrogens is 342 g/mol. The molecular formula is C17H16BrN3O. The maximum atomic E-state index is 6.08. The van der Waals surface area contributed by atoms with Crippen LogP contribution in [0.5, 0.6) is 11.5 Å². The minimum Gasteiger partial charge on any atom is -0.454 e. The van der Waals surface area contributed by atoms with Crippen LogP contribution >= 0.6 is 15.9 Å². The van der Waals surface area contributed by atoms with Crippen molar-refractivity contribution < 1.29 is 4.74 Å². The van der Waals surface area contributed by atoms with Crippen LogP contribution in [-0.2, 0) is 0 Å². The van der Waals surface area contributed by atoms with E-state index in [2.05, 4.69) is 38.8 Å². The number of imidazole rings is 1. The number of para-hydroxylation sites is 1. The molecule has 1 aliphatic rings. The molecule has 1 aliphatic heterocycles. The summed E-state index contributed by atoms with van der Waals surface area (Å²) in [5.74, 6) is 2.61. The fourth-order valence-electron chi connectivity index (χ4n) is 2.85. The molecule has 5 heteroatoms. The lowest BCUT2D eigenvalue weighted by Gasteiger charge is -2.30. The van der Waals surface area contributed by atoms with Gasteiger partial charge in [-0.25, -0.2) is 4.98 Å². The van der Waals surface area contributed by atoms with E-state index in [1.807, 2.05) is 36.4 Å². The van der Waals surface area contributed by atoms with Crippen LogP contribution in [0, 0.1) is 6.92 Å². The van der Waals surface area contributed by atoms with Gasteiger partial charge < -0.3 is 14.6 Å². The summed E-state index contributed by atoms with van der Waals surface area (Å²) in [4.78, 5) is 4.75. The maximum Gasteiger partial charge on any atom is 0.169 e. The topological polar surface area (TPSA) is 39.1 Å². The molecule has 112 valence electrons. The number of nitrogens with zero attached hydrogens (tertiary/aromatic N) is 2. The second-order valence-corrected chi connectivity index (χ2v) is 6.35. The van der Waals surface area contributed by atoms with Crippen molar-refractivity contribution in [2.75, 3.05) is 13.1 Å². The van der Waals surface area contributed by atoms with Gasteiger partial charge in [-0.15, -0.1) is 0 Å². The number of aromatic nitrogens is 2. The molecule has 2 aromatic carbocycles. The monoisotopic (exact) mass is 357 g/mol. The van der Waals surface area contributed by atoms with Crippen LogP contribution in [0.3, 0.4) is 0 Å². The van der Waals surface area contributed by atoms with Crippen LogP contribution in [0.15, 0.2) is 46.9 Å². The summed E-state index contributed by atoms with van der Waals surface area (Å²) in [5.41, 5.74) is 2.03. The van der Waals surface area contributed by atoms with Crippen LogP contribution in [-0.4, -0.2) is 22.6 Å². The highest BCUT2D eigenvalue weighted by molar-refractivity contribution is 9.10.